The second-order valence-corrected chi connectivity index (χ2v) is 7.24. The summed E-state index contributed by atoms with van der Waals surface area (Å²) in [6.07, 6.45) is 0. The van der Waals surface area contributed by atoms with E-state index < -0.39 is 16.0 Å². The molecule has 0 aliphatic carbocycles. The van der Waals surface area contributed by atoms with Gasteiger partial charge in [-0.15, -0.1) is 0 Å². The summed E-state index contributed by atoms with van der Waals surface area (Å²) in [5.41, 5.74) is 2.29. The van der Waals surface area contributed by atoms with Gasteiger partial charge in [-0.1, -0.05) is 18.2 Å². The summed E-state index contributed by atoms with van der Waals surface area (Å²) >= 11 is 0. The Morgan fingerprint density at radius 3 is 2.36 bits per heavy atom. The molecule has 6 nitrogen and oxygen atoms in total. The lowest BCUT2D eigenvalue weighted by Crippen LogP contribution is -2.17. The number of hydrogen-bond donors (Lipinski definition) is 1. The number of carbonyl (C=O) groups is 1. The maximum atomic E-state index is 12.2. The fourth-order valence-electron chi connectivity index (χ4n) is 2.33. The summed E-state index contributed by atoms with van der Waals surface area (Å²) in [5, 5.41) is 5.20. The van der Waals surface area contributed by atoms with Crippen molar-refractivity contribution in [3.05, 3.63) is 58.7 Å². The van der Waals surface area contributed by atoms with E-state index in [1.807, 2.05) is 31.2 Å². The number of benzene rings is 2. The summed E-state index contributed by atoms with van der Waals surface area (Å²) < 4.78 is 34.0. The Morgan fingerprint density at radius 1 is 1.04 bits per heavy atom. The lowest BCUT2D eigenvalue weighted by atomic mass is 10.1. The van der Waals surface area contributed by atoms with Gasteiger partial charge in [0.2, 0.25) is 10.0 Å². The second-order valence-electron chi connectivity index (χ2n) is 5.71. The quantitative estimate of drug-likeness (QED) is 0.628. The first kappa shape index (κ1) is 19.0. The molecule has 2 aromatic carbocycles. The Bertz CT molecular complexity index is 890. The monoisotopic (exact) mass is 363 g/mol. The van der Waals surface area contributed by atoms with E-state index in [1.54, 1.807) is 19.9 Å². The van der Waals surface area contributed by atoms with E-state index in [1.165, 1.54) is 6.07 Å². The number of carbonyl (C=O) groups excluding carboxylic acids is 1. The highest BCUT2D eigenvalue weighted by atomic mass is 32.2. The van der Waals surface area contributed by atoms with Crippen LogP contribution in [0.25, 0.3) is 0 Å². The normalized spacial score (nSPS) is 11.2. The Kier molecular flexibility index (Phi) is 5.81. The molecule has 0 atom stereocenters. The van der Waals surface area contributed by atoms with Crippen LogP contribution >= 0.6 is 0 Å². The highest BCUT2D eigenvalue weighted by Crippen LogP contribution is 2.21. The van der Waals surface area contributed by atoms with Crippen LogP contribution in [0.1, 0.15) is 27.0 Å². The molecule has 0 aliphatic rings. The smallest absolute Gasteiger partial charge is 0.338 e. The van der Waals surface area contributed by atoms with Gasteiger partial charge in [0.1, 0.15) is 19.0 Å². The highest BCUT2D eigenvalue weighted by molar-refractivity contribution is 7.89. The lowest BCUT2D eigenvalue weighted by molar-refractivity contribution is 0.0449. The Morgan fingerprint density at radius 2 is 1.72 bits per heavy atom. The molecular formula is C18H21NO5S. The summed E-state index contributed by atoms with van der Waals surface area (Å²) in [7, 11) is -3.91. The maximum absolute atomic E-state index is 12.2. The Hall–Kier alpha value is -2.38. The predicted molar refractivity (Wildman–Crippen MR) is 94.2 cm³/mol. The maximum Gasteiger partial charge on any atom is 0.338 e. The fraction of sp³-hybridized carbons (Fsp3) is 0.278. The minimum atomic E-state index is -3.91. The van der Waals surface area contributed by atoms with Crippen molar-refractivity contribution in [3.8, 4) is 5.75 Å². The van der Waals surface area contributed by atoms with Crippen LogP contribution in [0.4, 0.5) is 0 Å². The minimum absolute atomic E-state index is 0.0464. The van der Waals surface area contributed by atoms with Gasteiger partial charge >= 0.3 is 5.97 Å². The number of aryl methyl sites for hydroxylation is 2. The van der Waals surface area contributed by atoms with Crippen LogP contribution in [0.3, 0.4) is 0 Å². The van der Waals surface area contributed by atoms with Gasteiger partial charge in [0.15, 0.2) is 0 Å². The molecule has 0 unspecified atom stereocenters. The van der Waals surface area contributed by atoms with Gasteiger partial charge in [0.25, 0.3) is 0 Å². The molecule has 25 heavy (non-hydrogen) atoms. The number of sulfonamides is 1. The number of ether oxygens (including phenoxy) is 2. The van der Waals surface area contributed by atoms with Crippen LogP contribution in [-0.2, 0) is 14.8 Å². The first-order valence-electron chi connectivity index (χ1n) is 7.69. The molecule has 0 aliphatic heterocycles. The Balaban J connectivity index is 2.02. The van der Waals surface area contributed by atoms with Crippen LogP contribution in [-0.4, -0.2) is 27.6 Å². The molecule has 2 aromatic rings. The van der Waals surface area contributed by atoms with Gasteiger partial charge in [0, 0.05) is 0 Å². The summed E-state index contributed by atoms with van der Waals surface area (Å²) in [5.74, 6) is 0.0997. The summed E-state index contributed by atoms with van der Waals surface area (Å²) in [4.78, 5) is 12.1. The number of primary sulfonamides is 1. The van der Waals surface area contributed by atoms with E-state index in [-0.39, 0.29) is 23.7 Å². The van der Waals surface area contributed by atoms with E-state index in [0.29, 0.717) is 11.1 Å². The standard InChI is InChI=1S/C18H21NO5S/c1-12-6-4-5-7-16(12)23-8-9-24-18(20)15-10-13(2)14(3)17(11-15)25(19,21)22/h4-7,10-11H,8-9H2,1-3H3,(H2,19,21,22). The van der Waals surface area contributed by atoms with Crippen molar-refractivity contribution < 1.29 is 22.7 Å². The van der Waals surface area contributed by atoms with Crippen molar-refractivity contribution in [2.75, 3.05) is 13.2 Å². The Labute approximate surface area is 147 Å². The van der Waals surface area contributed by atoms with Gasteiger partial charge < -0.3 is 9.47 Å². The van der Waals surface area contributed by atoms with Crippen molar-refractivity contribution in [1.82, 2.24) is 0 Å². The molecule has 7 heteroatoms. The third kappa shape index (κ3) is 4.80. The SMILES string of the molecule is Cc1ccccc1OCCOC(=O)c1cc(C)c(C)c(S(N)(=O)=O)c1. The molecular weight excluding hydrogens is 342 g/mol. The van der Waals surface area contributed by atoms with Crippen molar-refractivity contribution in [1.29, 1.82) is 0 Å². The van der Waals surface area contributed by atoms with Crippen LogP contribution < -0.4 is 9.88 Å². The number of esters is 1. The molecule has 0 amide bonds. The van der Waals surface area contributed by atoms with Crippen LogP contribution in [0, 0.1) is 20.8 Å². The van der Waals surface area contributed by atoms with Crippen molar-refractivity contribution in [2.45, 2.75) is 25.7 Å². The van der Waals surface area contributed by atoms with E-state index in [4.69, 9.17) is 14.6 Å². The van der Waals surface area contributed by atoms with E-state index in [0.717, 1.165) is 11.3 Å². The first-order chi connectivity index (χ1) is 11.7. The van der Waals surface area contributed by atoms with Crippen molar-refractivity contribution >= 4 is 16.0 Å². The van der Waals surface area contributed by atoms with Gasteiger partial charge in [-0.25, -0.2) is 18.4 Å². The zero-order valence-electron chi connectivity index (χ0n) is 14.4. The average Bonchev–Trinajstić information content (AvgIpc) is 2.54. The van der Waals surface area contributed by atoms with E-state index in [2.05, 4.69) is 0 Å². The number of rotatable bonds is 6. The zero-order chi connectivity index (χ0) is 18.6. The molecule has 0 spiro atoms. The van der Waals surface area contributed by atoms with E-state index in [9.17, 15) is 13.2 Å². The third-order valence-corrected chi connectivity index (χ3v) is 4.87. The van der Waals surface area contributed by atoms with Crippen molar-refractivity contribution in [3.63, 3.8) is 0 Å². The van der Waals surface area contributed by atoms with Crippen LogP contribution in [0.2, 0.25) is 0 Å². The number of nitrogens with two attached hydrogens (primary N) is 1. The van der Waals surface area contributed by atoms with Crippen LogP contribution in [0.5, 0.6) is 5.75 Å². The van der Waals surface area contributed by atoms with Crippen LogP contribution in [0.15, 0.2) is 41.3 Å². The molecule has 2 N–H and O–H groups in total. The average molecular weight is 363 g/mol. The van der Waals surface area contributed by atoms with E-state index >= 15 is 0 Å². The zero-order valence-corrected chi connectivity index (χ0v) is 15.2. The number of para-hydroxylation sites is 1. The summed E-state index contributed by atoms with van der Waals surface area (Å²) in [6, 6.07) is 10.3. The highest BCUT2D eigenvalue weighted by Gasteiger charge is 2.18. The lowest BCUT2D eigenvalue weighted by Gasteiger charge is -2.12. The molecule has 0 fully saturated rings. The molecule has 2 rings (SSSR count). The minimum Gasteiger partial charge on any atom is -0.490 e. The molecule has 134 valence electrons. The second kappa shape index (κ2) is 7.67. The fourth-order valence-corrected chi connectivity index (χ4v) is 3.21. The van der Waals surface area contributed by atoms with Crippen molar-refractivity contribution in [2.24, 2.45) is 5.14 Å². The topological polar surface area (TPSA) is 95.7 Å². The first-order valence-corrected chi connectivity index (χ1v) is 9.24. The molecule has 0 aromatic heterocycles. The molecule has 0 heterocycles. The summed E-state index contributed by atoms with van der Waals surface area (Å²) in [6.45, 7) is 5.52. The molecule has 0 saturated carbocycles. The van der Waals surface area contributed by atoms with Gasteiger partial charge in [0.05, 0.1) is 10.5 Å². The molecule has 0 bridgehead atoms. The predicted octanol–water partition coefficient (Wildman–Crippen LogP) is 2.50. The van der Waals surface area contributed by atoms with Gasteiger partial charge in [-0.3, -0.25) is 0 Å². The van der Waals surface area contributed by atoms with Gasteiger partial charge in [-0.2, -0.15) is 0 Å². The molecule has 0 saturated heterocycles. The largest absolute Gasteiger partial charge is 0.490 e. The molecule has 0 radical (unpaired) electrons. The third-order valence-electron chi connectivity index (χ3n) is 3.83. The van der Waals surface area contributed by atoms with Gasteiger partial charge in [-0.05, 0) is 55.7 Å². The number of hydrogen-bond acceptors (Lipinski definition) is 5.